The van der Waals surface area contributed by atoms with Crippen molar-refractivity contribution in [3.63, 3.8) is 0 Å². The summed E-state index contributed by atoms with van der Waals surface area (Å²) in [6.07, 6.45) is -0.980. The highest BCUT2D eigenvalue weighted by molar-refractivity contribution is 5.33. The molecule has 2 aromatic heterocycles. The second kappa shape index (κ2) is 6.71. The van der Waals surface area contributed by atoms with Crippen LogP contribution in [-0.2, 0) is 6.18 Å². The zero-order valence-corrected chi connectivity index (χ0v) is 11.1. The fourth-order valence-corrected chi connectivity index (χ4v) is 1.45. The predicted molar refractivity (Wildman–Crippen MR) is 70.0 cm³/mol. The van der Waals surface area contributed by atoms with E-state index in [0.717, 1.165) is 18.3 Å². The molecule has 9 heteroatoms. The molecule has 0 atom stereocenters. The largest absolute Gasteiger partial charge is 0.476 e. The summed E-state index contributed by atoms with van der Waals surface area (Å²) in [7, 11) is 0. The van der Waals surface area contributed by atoms with Gasteiger partial charge in [-0.2, -0.15) is 18.4 Å². The van der Waals surface area contributed by atoms with E-state index in [4.69, 9.17) is 10.00 Å². The number of hydrogen-bond acceptors (Lipinski definition) is 6. The van der Waals surface area contributed by atoms with Gasteiger partial charge in [0.05, 0.1) is 24.5 Å². The van der Waals surface area contributed by atoms with Gasteiger partial charge in [0.25, 0.3) is 0 Å². The van der Waals surface area contributed by atoms with E-state index in [0.29, 0.717) is 12.4 Å². The summed E-state index contributed by atoms with van der Waals surface area (Å²) in [5.41, 5.74) is -0.624. The molecule has 0 fully saturated rings. The van der Waals surface area contributed by atoms with Crippen molar-refractivity contribution in [2.75, 3.05) is 18.5 Å². The maximum absolute atomic E-state index is 12.3. The molecule has 0 saturated carbocycles. The Kier molecular flexibility index (Phi) is 4.73. The lowest BCUT2D eigenvalue weighted by atomic mass is 10.3. The number of ether oxygens (including phenoxy) is 1. The van der Waals surface area contributed by atoms with Crippen LogP contribution in [0.5, 0.6) is 5.88 Å². The molecule has 0 bridgehead atoms. The van der Waals surface area contributed by atoms with Crippen molar-refractivity contribution in [2.24, 2.45) is 0 Å². The Hall–Kier alpha value is -2.89. The molecule has 1 N–H and O–H groups in total. The highest BCUT2D eigenvalue weighted by atomic mass is 19.4. The van der Waals surface area contributed by atoms with E-state index in [2.05, 4.69) is 20.3 Å². The Morgan fingerprint density at radius 3 is 2.50 bits per heavy atom. The predicted octanol–water partition coefficient (Wildman–Crippen LogP) is 2.25. The van der Waals surface area contributed by atoms with Gasteiger partial charge >= 0.3 is 6.18 Å². The highest BCUT2D eigenvalue weighted by Crippen LogP contribution is 2.29. The van der Waals surface area contributed by atoms with E-state index in [1.165, 1.54) is 12.4 Å². The van der Waals surface area contributed by atoms with Crippen LogP contribution in [0.25, 0.3) is 0 Å². The first-order valence-corrected chi connectivity index (χ1v) is 6.11. The summed E-state index contributed by atoms with van der Waals surface area (Å²) in [5.74, 6) is 0.559. The Labute approximate surface area is 123 Å². The fourth-order valence-electron chi connectivity index (χ4n) is 1.45. The average molecular weight is 309 g/mol. The van der Waals surface area contributed by atoms with Gasteiger partial charge in [-0.3, -0.25) is 0 Å². The number of hydrogen-bond donors (Lipinski definition) is 1. The number of nitrogens with one attached hydrogen (secondary N) is 1. The third-order valence-corrected chi connectivity index (χ3v) is 2.49. The Morgan fingerprint density at radius 1 is 1.14 bits per heavy atom. The molecule has 0 aliphatic carbocycles. The van der Waals surface area contributed by atoms with Crippen molar-refractivity contribution in [3.05, 3.63) is 42.0 Å². The second-order valence-corrected chi connectivity index (χ2v) is 4.06. The van der Waals surface area contributed by atoms with Gasteiger partial charge in [0, 0.05) is 12.3 Å². The van der Waals surface area contributed by atoms with Gasteiger partial charge in [-0.25, -0.2) is 15.0 Å². The van der Waals surface area contributed by atoms with E-state index in [9.17, 15) is 13.2 Å². The zero-order valence-electron chi connectivity index (χ0n) is 11.1. The van der Waals surface area contributed by atoms with E-state index in [1.54, 1.807) is 0 Å². The van der Waals surface area contributed by atoms with Gasteiger partial charge in [0.1, 0.15) is 18.5 Å². The van der Waals surface area contributed by atoms with Crippen LogP contribution in [0.4, 0.5) is 19.0 Å². The first kappa shape index (κ1) is 15.5. The summed E-state index contributed by atoms with van der Waals surface area (Å²) in [6.45, 7) is 0.531. The standard InChI is InChI=1S/C13H10F3N5O/c14-13(15,16)9-1-2-12(21-6-9)22-4-3-18-11-8-19-10(5-17)7-20-11/h1-2,6-8H,3-4H2,(H,18,20). The van der Waals surface area contributed by atoms with Crippen LogP contribution in [0.3, 0.4) is 0 Å². The van der Waals surface area contributed by atoms with Crippen LogP contribution in [0, 0.1) is 11.3 Å². The van der Waals surface area contributed by atoms with Gasteiger partial charge in [-0.15, -0.1) is 0 Å². The van der Waals surface area contributed by atoms with E-state index >= 15 is 0 Å². The van der Waals surface area contributed by atoms with Gasteiger partial charge in [0.2, 0.25) is 5.88 Å². The lowest BCUT2D eigenvalue weighted by Crippen LogP contribution is -2.13. The normalized spacial score (nSPS) is 10.8. The Morgan fingerprint density at radius 2 is 1.95 bits per heavy atom. The number of halogens is 3. The fraction of sp³-hybridized carbons (Fsp3) is 0.231. The van der Waals surface area contributed by atoms with Gasteiger partial charge < -0.3 is 10.1 Å². The molecular weight excluding hydrogens is 299 g/mol. The van der Waals surface area contributed by atoms with Gasteiger partial charge in [-0.1, -0.05) is 0 Å². The maximum atomic E-state index is 12.3. The molecule has 0 amide bonds. The molecule has 0 unspecified atom stereocenters. The summed E-state index contributed by atoms with van der Waals surface area (Å²) in [5, 5.41) is 11.5. The molecule has 0 aromatic carbocycles. The average Bonchev–Trinajstić information content (AvgIpc) is 2.52. The first-order chi connectivity index (χ1) is 10.5. The summed E-state index contributed by atoms with van der Waals surface area (Å²) < 4.78 is 42.2. The minimum Gasteiger partial charge on any atom is -0.476 e. The molecule has 2 aromatic rings. The van der Waals surface area contributed by atoms with Crippen LogP contribution in [0.1, 0.15) is 11.3 Å². The number of aromatic nitrogens is 3. The number of pyridine rings is 1. The van der Waals surface area contributed by atoms with Gasteiger partial charge in [-0.05, 0) is 6.07 Å². The zero-order chi connectivity index (χ0) is 16.0. The minimum absolute atomic E-state index is 0.0979. The molecule has 6 nitrogen and oxygen atoms in total. The lowest BCUT2D eigenvalue weighted by Gasteiger charge is -2.09. The SMILES string of the molecule is N#Cc1cnc(NCCOc2ccc(C(F)(F)F)cn2)cn1. The molecule has 0 saturated heterocycles. The van der Waals surface area contributed by atoms with Crippen molar-refractivity contribution in [1.29, 1.82) is 5.26 Å². The summed E-state index contributed by atoms with van der Waals surface area (Å²) in [4.78, 5) is 11.3. The third kappa shape index (κ3) is 4.31. The molecule has 0 aliphatic heterocycles. The van der Waals surface area contributed by atoms with Crippen molar-refractivity contribution < 1.29 is 17.9 Å². The van der Waals surface area contributed by atoms with Crippen molar-refractivity contribution in [1.82, 2.24) is 15.0 Å². The lowest BCUT2D eigenvalue weighted by molar-refractivity contribution is -0.137. The minimum atomic E-state index is -4.42. The van der Waals surface area contributed by atoms with Crippen LogP contribution >= 0.6 is 0 Å². The number of alkyl halides is 3. The van der Waals surface area contributed by atoms with Crippen molar-refractivity contribution in [2.45, 2.75) is 6.18 Å². The molecule has 0 aliphatic rings. The molecular formula is C13H10F3N5O. The quantitative estimate of drug-likeness (QED) is 0.853. The number of nitrogens with zero attached hydrogens (tertiary/aromatic N) is 4. The number of anilines is 1. The number of rotatable bonds is 5. The molecule has 0 spiro atoms. The van der Waals surface area contributed by atoms with Crippen molar-refractivity contribution in [3.8, 4) is 11.9 Å². The second-order valence-electron chi connectivity index (χ2n) is 4.06. The highest BCUT2D eigenvalue weighted by Gasteiger charge is 2.30. The summed E-state index contributed by atoms with van der Waals surface area (Å²) in [6, 6.07) is 3.91. The molecule has 0 radical (unpaired) electrons. The molecule has 2 rings (SSSR count). The maximum Gasteiger partial charge on any atom is 0.417 e. The molecule has 22 heavy (non-hydrogen) atoms. The van der Waals surface area contributed by atoms with E-state index < -0.39 is 11.7 Å². The van der Waals surface area contributed by atoms with Crippen LogP contribution in [0.15, 0.2) is 30.7 Å². The van der Waals surface area contributed by atoms with Crippen molar-refractivity contribution >= 4 is 5.82 Å². The van der Waals surface area contributed by atoms with Crippen LogP contribution in [-0.4, -0.2) is 28.1 Å². The monoisotopic (exact) mass is 309 g/mol. The smallest absolute Gasteiger partial charge is 0.417 e. The van der Waals surface area contributed by atoms with Crippen LogP contribution < -0.4 is 10.1 Å². The molecule has 114 valence electrons. The van der Waals surface area contributed by atoms with E-state index in [1.807, 2.05) is 6.07 Å². The first-order valence-electron chi connectivity index (χ1n) is 6.11. The van der Waals surface area contributed by atoms with E-state index in [-0.39, 0.29) is 18.2 Å². The Balaban J connectivity index is 1.77. The topological polar surface area (TPSA) is 83.7 Å². The number of nitriles is 1. The summed E-state index contributed by atoms with van der Waals surface area (Å²) >= 11 is 0. The molecule has 2 heterocycles. The third-order valence-electron chi connectivity index (χ3n) is 2.49. The van der Waals surface area contributed by atoms with Gasteiger partial charge in [0.15, 0.2) is 5.69 Å². The van der Waals surface area contributed by atoms with Crippen LogP contribution in [0.2, 0.25) is 0 Å². The Bertz CT molecular complexity index is 649.